The molecule has 0 unspecified atom stereocenters. The van der Waals surface area contributed by atoms with Gasteiger partial charge in [0, 0.05) is 16.6 Å². The molecule has 10 heteroatoms. The van der Waals surface area contributed by atoms with Crippen molar-refractivity contribution in [2.75, 3.05) is 6.61 Å². The van der Waals surface area contributed by atoms with Crippen LogP contribution in [0.15, 0.2) is 36.4 Å². The second-order valence-electron chi connectivity index (χ2n) is 6.98. The highest BCUT2D eigenvalue weighted by Gasteiger charge is 2.32. The fraction of sp³-hybridized carbons (Fsp3) is 0.273. The first-order chi connectivity index (χ1) is 15.0. The third-order valence-electron chi connectivity index (χ3n) is 4.95. The Morgan fingerprint density at radius 3 is 2.31 bits per heavy atom. The van der Waals surface area contributed by atoms with Gasteiger partial charge in [-0.05, 0) is 62.7 Å². The van der Waals surface area contributed by atoms with Crippen molar-refractivity contribution >= 4 is 22.8 Å². The number of hydrogen-bond donors (Lipinski definition) is 1. The fourth-order valence-electron chi connectivity index (χ4n) is 3.58. The van der Waals surface area contributed by atoms with Crippen LogP contribution in [0.3, 0.4) is 0 Å². The number of fused-ring (bicyclic) bond motifs is 1. The summed E-state index contributed by atoms with van der Waals surface area (Å²) in [6.07, 6.45) is -4.88. The Morgan fingerprint density at radius 1 is 1.12 bits per heavy atom. The molecule has 0 saturated heterocycles. The van der Waals surface area contributed by atoms with Crippen LogP contribution < -0.4 is 4.74 Å². The molecular weight excluding hydrogens is 434 g/mol. The smallest absolute Gasteiger partial charge is 0.505 e. The van der Waals surface area contributed by atoms with Crippen LogP contribution in [-0.2, 0) is 9.53 Å². The highest BCUT2D eigenvalue weighted by atomic mass is 19.4. The number of carbonyl (C=O) groups is 2. The molecule has 0 bridgehead atoms. The van der Waals surface area contributed by atoms with E-state index < -0.39 is 41.5 Å². The zero-order valence-corrected chi connectivity index (χ0v) is 17.3. The summed E-state index contributed by atoms with van der Waals surface area (Å²) in [4.78, 5) is 25.5. The number of alkyl halides is 3. The van der Waals surface area contributed by atoms with Crippen LogP contribution >= 0.6 is 0 Å². The minimum Gasteiger partial charge on any atom is -0.505 e. The lowest BCUT2D eigenvalue weighted by molar-refractivity contribution is -0.274. The number of ether oxygens (including phenoxy) is 2. The zero-order valence-electron chi connectivity index (χ0n) is 17.3. The summed E-state index contributed by atoms with van der Waals surface area (Å²) < 4.78 is 62.0. The number of phenols is 1. The van der Waals surface area contributed by atoms with E-state index in [-0.39, 0.29) is 34.3 Å². The van der Waals surface area contributed by atoms with Crippen molar-refractivity contribution in [3.8, 4) is 11.5 Å². The molecule has 0 aliphatic heterocycles. The molecule has 1 aromatic heterocycles. The van der Waals surface area contributed by atoms with Gasteiger partial charge in [-0.2, -0.15) is 0 Å². The van der Waals surface area contributed by atoms with Crippen molar-refractivity contribution in [3.63, 3.8) is 0 Å². The van der Waals surface area contributed by atoms with Crippen LogP contribution in [0.1, 0.15) is 41.4 Å². The van der Waals surface area contributed by atoms with Gasteiger partial charge in [-0.3, -0.25) is 14.2 Å². The Bertz CT molecular complexity index is 1180. The highest BCUT2D eigenvalue weighted by molar-refractivity contribution is 6.05. The normalized spacial score (nSPS) is 12.6. The van der Waals surface area contributed by atoms with Crippen LogP contribution in [-0.4, -0.2) is 34.5 Å². The average molecular weight is 453 g/mol. The number of aromatic hydroxyl groups is 1. The van der Waals surface area contributed by atoms with Crippen molar-refractivity contribution in [1.82, 2.24) is 4.57 Å². The maximum atomic E-state index is 14.9. The fourth-order valence-corrected chi connectivity index (χ4v) is 3.58. The third kappa shape index (κ3) is 4.25. The van der Waals surface area contributed by atoms with Gasteiger partial charge in [-0.1, -0.05) is 0 Å². The second kappa shape index (κ2) is 8.52. The number of benzene rings is 2. The van der Waals surface area contributed by atoms with Crippen molar-refractivity contribution < 1.29 is 41.7 Å². The van der Waals surface area contributed by atoms with E-state index in [1.165, 1.54) is 19.9 Å². The Labute approximate surface area is 180 Å². The number of nitrogens with zero attached hydrogens (tertiary/aromatic N) is 1. The molecule has 3 rings (SSSR count). The molecule has 0 fully saturated rings. The van der Waals surface area contributed by atoms with E-state index in [0.29, 0.717) is 0 Å². The highest BCUT2D eigenvalue weighted by Crippen LogP contribution is 2.37. The Morgan fingerprint density at radius 2 is 1.75 bits per heavy atom. The number of phenolic OH excluding ortho intramolecular Hbond substituents is 1. The van der Waals surface area contributed by atoms with Gasteiger partial charge in [0.1, 0.15) is 5.75 Å². The van der Waals surface area contributed by atoms with Crippen LogP contribution in [0, 0.1) is 12.7 Å². The van der Waals surface area contributed by atoms with Gasteiger partial charge < -0.3 is 14.6 Å². The van der Waals surface area contributed by atoms with Gasteiger partial charge in [0.25, 0.3) is 5.91 Å². The summed E-state index contributed by atoms with van der Waals surface area (Å²) >= 11 is 0. The molecule has 2 aromatic carbocycles. The van der Waals surface area contributed by atoms with E-state index in [0.717, 1.165) is 34.9 Å². The first kappa shape index (κ1) is 23.1. The molecule has 170 valence electrons. The summed E-state index contributed by atoms with van der Waals surface area (Å²) in [5.41, 5.74) is 0.482. The van der Waals surface area contributed by atoms with Crippen molar-refractivity contribution in [2.24, 2.45) is 0 Å². The minimum atomic E-state index is -4.88. The monoisotopic (exact) mass is 453 g/mol. The minimum absolute atomic E-state index is 0.00310. The van der Waals surface area contributed by atoms with E-state index in [9.17, 15) is 32.3 Å². The summed E-state index contributed by atoms with van der Waals surface area (Å²) in [7, 11) is 0. The van der Waals surface area contributed by atoms with Crippen LogP contribution in [0.2, 0.25) is 0 Å². The van der Waals surface area contributed by atoms with Gasteiger partial charge in [0.2, 0.25) is 0 Å². The summed E-state index contributed by atoms with van der Waals surface area (Å²) in [5.74, 6) is -4.43. The SMILES string of the molecule is CCOC(=O)[C@@H](C)c1c(C)n(C(=O)c2ccc(OC(F)(F)F)cc2)c2ccc(O)c(F)c12. The number of esters is 1. The van der Waals surface area contributed by atoms with Gasteiger partial charge in [0.15, 0.2) is 11.6 Å². The lowest BCUT2D eigenvalue weighted by Crippen LogP contribution is -2.18. The van der Waals surface area contributed by atoms with Gasteiger partial charge >= 0.3 is 12.3 Å². The Hall–Kier alpha value is -3.56. The number of halogens is 4. The first-order valence-corrected chi connectivity index (χ1v) is 9.55. The number of carbonyl (C=O) groups excluding carboxylic acids is 2. The summed E-state index contributed by atoms with van der Waals surface area (Å²) in [6, 6.07) is 6.63. The van der Waals surface area contributed by atoms with E-state index in [2.05, 4.69) is 4.74 Å². The van der Waals surface area contributed by atoms with E-state index in [1.807, 2.05) is 0 Å². The molecule has 6 nitrogen and oxygen atoms in total. The molecular formula is C22H19F4NO5. The number of rotatable bonds is 5. The van der Waals surface area contributed by atoms with Crippen LogP contribution in [0.5, 0.6) is 11.5 Å². The van der Waals surface area contributed by atoms with Crippen molar-refractivity contribution in [1.29, 1.82) is 0 Å². The van der Waals surface area contributed by atoms with E-state index in [1.54, 1.807) is 6.92 Å². The number of hydrogen-bond acceptors (Lipinski definition) is 5. The largest absolute Gasteiger partial charge is 0.573 e. The maximum Gasteiger partial charge on any atom is 0.573 e. The van der Waals surface area contributed by atoms with Gasteiger partial charge in [-0.25, -0.2) is 4.39 Å². The molecule has 32 heavy (non-hydrogen) atoms. The van der Waals surface area contributed by atoms with E-state index in [4.69, 9.17) is 4.74 Å². The van der Waals surface area contributed by atoms with E-state index >= 15 is 0 Å². The summed E-state index contributed by atoms with van der Waals surface area (Å²) in [6.45, 7) is 4.70. The molecule has 1 atom stereocenters. The molecule has 1 heterocycles. The van der Waals surface area contributed by atoms with Crippen molar-refractivity contribution in [3.05, 3.63) is 59.0 Å². The maximum absolute atomic E-state index is 14.9. The Kier molecular flexibility index (Phi) is 6.16. The molecule has 0 saturated carbocycles. The van der Waals surface area contributed by atoms with Crippen LogP contribution in [0.4, 0.5) is 17.6 Å². The molecule has 3 aromatic rings. The molecule has 0 spiro atoms. The van der Waals surface area contributed by atoms with Gasteiger partial charge in [0.05, 0.1) is 18.0 Å². The van der Waals surface area contributed by atoms with Gasteiger partial charge in [-0.15, -0.1) is 13.2 Å². The molecule has 0 radical (unpaired) electrons. The standard InChI is InChI=1S/C22H19F4NO5/c1-4-31-21(30)11(2)17-12(3)27(15-9-10-16(28)19(23)18(15)17)20(29)13-5-7-14(8-6-13)32-22(24,25)26/h5-11,28H,4H2,1-3H3/t11-/m0/s1. The van der Waals surface area contributed by atoms with Crippen LogP contribution in [0.25, 0.3) is 10.9 Å². The predicted molar refractivity (Wildman–Crippen MR) is 106 cm³/mol. The molecule has 0 amide bonds. The average Bonchev–Trinajstić information content (AvgIpc) is 3.01. The van der Waals surface area contributed by atoms with Crippen molar-refractivity contribution in [2.45, 2.75) is 33.1 Å². The molecule has 0 aliphatic rings. The molecule has 0 aliphatic carbocycles. The Balaban J connectivity index is 2.15. The predicted octanol–water partition coefficient (Wildman–Crippen LogP) is 5.05. The lowest BCUT2D eigenvalue weighted by atomic mass is 9.97. The lowest BCUT2D eigenvalue weighted by Gasteiger charge is -2.13. The first-order valence-electron chi connectivity index (χ1n) is 9.55. The summed E-state index contributed by atoms with van der Waals surface area (Å²) in [5, 5.41) is 9.74. The zero-order chi connectivity index (χ0) is 23.8. The number of aromatic nitrogens is 1. The third-order valence-corrected chi connectivity index (χ3v) is 4.95. The quantitative estimate of drug-likeness (QED) is 0.432. The topological polar surface area (TPSA) is 77.8 Å². The molecule has 1 N–H and O–H groups in total. The second-order valence-corrected chi connectivity index (χ2v) is 6.98.